The molecule has 6 nitrogen and oxygen atoms in total. The number of hydrogen-bond acceptors (Lipinski definition) is 6. The van der Waals surface area contributed by atoms with E-state index in [-0.39, 0.29) is 5.92 Å². The van der Waals surface area contributed by atoms with Gasteiger partial charge >= 0.3 is 0 Å². The number of halogens is 1. The van der Waals surface area contributed by atoms with Gasteiger partial charge in [0.15, 0.2) is 5.82 Å². The smallest absolute Gasteiger partial charge is 0.234 e. The van der Waals surface area contributed by atoms with E-state index in [1.54, 1.807) is 0 Å². The Hall–Kier alpha value is -1.51. The minimum atomic E-state index is 0.273. The van der Waals surface area contributed by atoms with Crippen molar-refractivity contribution in [2.45, 2.75) is 12.3 Å². The maximum absolute atomic E-state index is 6.05. The molecule has 1 saturated heterocycles. The summed E-state index contributed by atoms with van der Waals surface area (Å²) < 4.78 is 8.22. The van der Waals surface area contributed by atoms with E-state index in [1.165, 1.54) is 11.3 Å². The van der Waals surface area contributed by atoms with Crippen LogP contribution >= 0.6 is 27.3 Å². The number of benzene rings is 1. The second kappa shape index (κ2) is 5.04. The number of nitrogens with zero attached hydrogens (tertiary/aromatic N) is 4. The summed E-state index contributed by atoms with van der Waals surface area (Å²) >= 11 is 4.96. The minimum Gasteiger partial charge on any atom is -0.398 e. The minimum absolute atomic E-state index is 0.273. The third-order valence-electron chi connectivity index (χ3n) is 3.56. The van der Waals surface area contributed by atoms with Crippen molar-refractivity contribution in [3.05, 3.63) is 28.5 Å². The van der Waals surface area contributed by atoms with E-state index in [4.69, 9.17) is 10.5 Å². The third-order valence-corrected chi connectivity index (χ3v) is 4.98. The van der Waals surface area contributed by atoms with Crippen LogP contribution < -0.4 is 5.73 Å². The SMILES string of the molecule is Nc1ccc(Br)cc1-c1nn2c(C3CCOC3)nnc2s1. The van der Waals surface area contributed by atoms with E-state index in [0.717, 1.165) is 38.9 Å². The van der Waals surface area contributed by atoms with Crippen molar-refractivity contribution < 1.29 is 4.74 Å². The van der Waals surface area contributed by atoms with Gasteiger partial charge in [0.25, 0.3) is 0 Å². The molecular formula is C13H12BrN5OS. The number of nitrogens with two attached hydrogens (primary N) is 1. The topological polar surface area (TPSA) is 78.3 Å². The summed E-state index contributed by atoms with van der Waals surface area (Å²) in [6, 6.07) is 5.76. The van der Waals surface area contributed by atoms with Gasteiger partial charge in [0, 0.05) is 28.2 Å². The molecule has 21 heavy (non-hydrogen) atoms. The first kappa shape index (κ1) is 13.2. The molecule has 1 aliphatic heterocycles. The van der Waals surface area contributed by atoms with Crippen LogP contribution in [0.2, 0.25) is 0 Å². The van der Waals surface area contributed by atoms with Crippen molar-refractivity contribution in [3.63, 3.8) is 0 Å². The number of anilines is 1. The fourth-order valence-corrected chi connectivity index (χ4v) is 3.69. The molecule has 1 aromatic carbocycles. The summed E-state index contributed by atoms with van der Waals surface area (Å²) in [7, 11) is 0. The van der Waals surface area contributed by atoms with Crippen molar-refractivity contribution in [1.82, 2.24) is 19.8 Å². The van der Waals surface area contributed by atoms with E-state index in [0.29, 0.717) is 12.3 Å². The fourth-order valence-electron chi connectivity index (χ4n) is 2.45. The molecule has 1 atom stereocenters. The summed E-state index contributed by atoms with van der Waals surface area (Å²) in [5, 5.41) is 14.0. The molecule has 0 spiro atoms. The second-order valence-electron chi connectivity index (χ2n) is 4.95. The van der Waals surface area contributed by atoms with Gasteiger partial charge in [-0.05, 0) is 24.6 Å². The maximum atomic E-state index is 6.05. The largest absolute Gasteiger partial charge is 0.398 e. The van der Waals surface area contributed by atoms with Crippen LogP contribution in [0.3, 0.4) is 0 Å². The van der Waals surface area contributed by atoms with Crippen molar-refractivity contribution in [2.75, 3.05) is 18.9 Å². The van der Waals surface area contributed by atoms with Gasteiger partial charge in [-0.1, -0.05) is 27.3 Å². The lowest BCUT2D eigenvalue weighted by Gasteiger charge is -2.03. The first-order chi connectivity index (χ1) is 10.2. The molecule has 0 bridgehead atoms. The molecule has 2 aromatic heterocycles. The maximum Gasteiger partial charge on any atom is 0.234 e. The van der Waals surface area contributed by atoms with E-state index >= 15 is 0 Å². The number of aromatic nitrogens is 4. The fraction of sp³-hybridized carbons (Fsp3) is 0.308. The summed E-state index contributed by atoms with van der Waals surface area (Å²) in [5.74, 6) is 1.15. The van der Waals surface area contributed by atoms with Gasteiger partial charge in [-0.3, -0.25) is 0 Å². The molecule has 3 heterocycles. The van der Waals surface area contributed by atoms with E-state index in [1.807, 2.05) is 22.7 Å². The van der Waals surface area contributed by atoms with Crippen LogP contribution in [0, 0.1) is 0 Å². The standard InChI is InChI=1S/C13H12BrN5OS/c14-8-1-2-10(15)9(5-8)12-18-19-11(7-3-4-20-6-7)16-17-13(19)21-12/h1-2,5,7H,3-4,6,15H2. The Labute approximate surface area is 133 Å². The van der Waals surface area contributed by atoms with Crippen LogP contribution in [0.25, 0.3) is 15.5 Å². The van der Waals surface area contributed by atoms with Gasteiger partial charge in [-0.2, -0.15) is 9.61 Å². The van der Waals surface area contributed by atoms with Crippen LogP contribution in [0.4, 0.5) is 5.69 Å². The highest BCUT2D eigenvalue weighted by Crippen LogP contribution is 2.33. The summed E-state index contributed by atoms with van der Waals surface area (Å²) in [4.78, 5) is 0.784. The zero-order chi connectivity index (χ0) is 14.4. The van der Waals surface area contributed by atoms with Crippen LogP contribution in [-0.4, -0.2) is 33.0 Å². The van der Waals surface area contributed by atoms with Crippen molar-refractivity contribution in [1.29, 1.82) is 0 Å². The Bertz CT molecular complexity index is 808. The Morgan fingerprint density at radius 2 is 2.29 bits per heavy atom. The van der Waals surface area contributed by atoms with E-state index in [2.05, 4.69) is 31.2 Å². The molecule has 0 radical (unpaired) electrons. The van der Waals surface area contributed by atoms with Gasteiger partial charge in [0.1, 0.15) is 5.01 Å². The quantitative estimate of drug-likeness (QED) is 0.706. The predicted octanol–water partition coefficient (Wildman–Crippen LogP) is 2.70. The molecule has 4 rings (SSSR count). The molecule has 2 N–H and O–H groups in total. The number of nitrogen functional groups attached to an aromatic ring is 1. The first-order valence-corrected chi connectivity index (χ1v) is 8.18. The molecule has 0 saturated carbocycles. The Kier molecular flexibility index (Phi) is 3.16. The van der Waals surface area contributed by atoms with Gasteiger partial charge in [0.2, 0.25) is 4.96 Å². The Balaban J connectivity index is 1.82. The summed E-state index contributed by atoms with van der Waals surface area (Å²) in [5.41, 5.74) is 7.67. The number of ether oxygens (including phenoxy) is 1. The Morgan fingerprint density at radius 1 is 1.38 bits per heavy atom. The third kappa shape index (κ3) is 2.23. The lowest BCUT2D eigenvalue weighted by molar-refractivity contribution is 0.193. The Morgan fingerprint density at radius 3 is 3.10 bits per heavy atom. The summed E-state index contributed by atoms with van der Waals surface area (Å²) in [6.45, 7) is 1.46. The summed E-state index contributed by atoms with van der Waals surface area (Å²) in [6.07, 6.45) is 0.965. The monoisotopic (exact) mass is 365 g/mol. The molecule has 108 valence electrons. The van der Waals surface area contributed by atoms with E-state index < -0.39 is 0 Å². The van der Waals surface area contributed by atoms with Crippen LogP contribution in [0.1, 0.15) is 18.2 Å². The van der Waals surface area contributed by atoms with Crippen LogP contribution in [0.5, 0.6) is 0 Å². The van der Waals surface area contributed by atoms with Crippen molar-refractivity contribution in [2.24, 2.45) is 0 Å². The molecule has 0 aliphatic carbocycles. The highest BCUT2D eigenvalue weighted by Gasteiger charge is 2.25. The van der Waals surface area contributed by atoms with Crippen molar-refractivity contribution in [3.8, 4) is 10.6 Å². The van der Waals surface area contributed by atoms with Crippen LogP contribution in [0.15, 0.2) is 22.7 Å². The first-order valence-electron chi connectivity index (χ1n) is 6.57. The predicted molar refractivity (Wildman–Crippen MR) is 84.4 cm³/mol. The average Bonchev–Trinajstić information content (AvgIpc) is 3.15. The molecule has 1 unspecified atom stereocenters. The molecular weight excluding hydrogens is 354 g/mol. The van der Waals surface area contributed by atoms with Gasteiger partial charge in [-0.15, -0.1) is 10.2 Å². The number of rotatable bonds is 2. The molecule has 1 aliphatic rings. The molecule has 0 amide bonds. The van der Waals surface area contributed by atoms with Gasteiger partial charge in [0.05, 0.1) is 6.61 Å². The average molecular weight is 366 g/mol. The van der Waals surface area contributed by atoms with Crippen LogP contribution in [-0.2, 0) is 4.74 Å². The van der Waals surface area contributed by atoms with Gasteiger partial charge < -0.3 is 10.5 Å². The zero-order valence-corrected chi connectivity index (χ0v) is 13.4. The normalized spacial score (nSPS) is 18.6. The highest BCUT2D eigenvalue weighted by atomic mass is 79.9. The van der Waals surface area contributed by atoms with Gasteiger partial charge in [-0.25, -0.2) is 0 Å². The zero-order valence-electron chi connectivity index (χ0n) is 11.0. The molecule has 1 fully saturated rings. The lowest BCUT2D eigenvalue weighted by Crippen LogP contribution is -2.04. The second-order valence-corrected chi connectivity index (χ2v) is 6.82. The molecule has 3 aromatic rings. The number of hydrogen-bond donors (Lipinski definition) is 1. The number of fused-ring (bicyclic) bond motifs is 1. The molecule has 8 heteroatoms. The lowest BCUT2D eigenvalue weighted by atomic mass is 10.1. The van der Waals surface area contributed by atoms with Crippen molar-refractivity contribution >= 4 is 37.9 Å². The highest BCUT2D eigenvalue weighted by molar-refractivity contribution is 9.10. The van der Waals surface area contributed by atoms with E-state index in [9.17, 15) is 0 Å².